The van der Waals surface area contributed by atoms with Crippen LogP contribution in [0, 0.1) is 40.4 Å². The minimum atomic E-state index is -1.82. The van der Waals surface area contributed by atoms with Gasteiger partial charge >= 0.3 is 5.97 Å². The number of allylic oxidation sites excluding steroid dienone is 2. The van der Waals surface area contributed by atoms with Gasteiger partial charge in [-0.15, -0.1) is 0 Å². The third-order valence-electron chi connectivity index (χ3n) is 11.1. The van der Waals surface area contributed by atoms with Crippen LogP contribution in [0.4, 0.5) is 0 Å². The summed E-state index contributed by atoms with van der Waals surface area (Å²) in [6.45, 7) is 28.5. The maximum absolute atomic E-state index is 12.1. The van der Waals surface area contributed by atoms with Gasteiger partial charge in [0.25, 0.3) is 0 Å². The molecule has 0 spiro atoms. The first-order valence-electron chi connectivity index (χ1n) is 16.7. The summed E-state index contributed by atoms with van der Waals surface area (Å²) in [5, 5.41) is 0. The lowest BCUT2D eigenvalue weighted by Gasteiger charge is -2.63. The molecule has 0 aromatic carbocycles. The first kappa shape index (κ1) is 34.2. The van der Waals surface area contributed by atoms with Crippen LogP contribution in [-0.2, 0) is 22.8 Å². The van der Waals surface area contributed by atoms with Crippen molar-refractivity contribution < 1.29 is 22.8 Å². The van der Waals surface area contributed by atoms with Crippen LogP contribution >= 0.6 is 0 Å². The van der Waals surface area contributed by atoms with Gasteiger partial charge in [-0.3, -0.25) is 4.79 Å². The Hall–Kier alpha value is -0.679. The normalized spacial score (nSPS) is 37.5. The second kappa shape index (κ2) is 11.9. The summed E-state index contributed by atoms with van der Waals surface area (Å²) in [7, 11) is -3.80. The number of ether oxygens (including phenoxy) is 1. The molecule has 8 heteroatoms. The Labute approximate surface area is 261 Å². The van der Waals surface area contributed by atoms with E-state index in [4.69, 9.17) is 18.0 Å². The number of esters is 1. The largest absolute Gasteiger partial charge is 0.545 e. The molecule has 42 heavy (non-hydrogen) atoms. The molecule has 0 N–H and O–H groups in total. The maximum Gasteiger partial charge on any atom is 0.305 e. The zero-order chi connectivity index (χ0) is 31.5. The van der Waals surface area contributed by atoms with Gasteiger partial charge in [-0.2, -0.15) is 0 Å². The van der Waals surface area contributed by atoms with Gasteiger partial charge in [0.15, 0.2) is 16.6 Å². The van der Waals surface area contributed by atoms with Crippen molar-refractivity contribution >= 4 is 30.9 Å². The van der Waals surface area contributed by atoms with E-state index < -0.39 is 25.0 Å². The van der Waals surface area contributed by atoms with Crippen molar-refractivity contribution in [2.75, 3.05) is 7.11 Å². The second-order valence-corrected chi connectivity index (χ2v) is 30.8. The van der Waals surface area contributed by atoms with E-state index in [1.807, 2.05) is 0 Å². The molecule has 0 aromatic heterocycles. The van der Waals surface area contributed by atoms with Crippen LogP contribution in [0.1, 0.15) is 65.7 Å². The van der Waals surface area contributed by atoms with E-state index in [1.165, 1.54) is 20.0 Å². The lowest BCUT2D eigenvalue weighted by Crippen LogP contribution is -2.62. The Morgan fingerprint density at radius 1 is 0.952 bits per heavy atom. The lowest BCUT2D eigenvalue weighted by molar-refractivity contribution is -0.157. The molecule has 9 atom stereocenters. The lowest BCUT2D eigenvalue weighted by atomic mass is 9.45. The highest BCUT2D eigenvalue weighted by molar-refractivity contribution is 6.70. The molecular formula is C34H62O5Si3. The van der Waals surface area contributed by atoms with E-state index in [9.17, 15) is 4.79 Å². The van der Waals surface area contributed by atoms with Gasteiger partial charge < -0.3 is 18.0 Å². The fourth-order valence-corrected chi connectivity index (χ4v) is 12.7. The van der Waals surface area contributed by atoms with E-state index in [2.05, 4.69) is 91.8 Å². The summed E-state index contributed by atoms with van der Waals surface area (Å²) in [5.41, 5.74) is 1.72. The predicted octanol–water partition coefficient (Wildman–Crippen LogP) is 9.16. The smallest absolute Gasteiger partial charge is 0.305 e. The average molecular weight is 635 g/mol. The zero-order valence-electron chi connectivity index (χ0n) is 29.2. The van der Waals surface area contributed by atoms with Crippen LogP contribution < -0.4 is 0 Å². The number of hydrogen-bond donors (Lipinski definition) is 0. The third kappa shape index (κ3) is 7.08. The number of methoxy groups -OCH3 is 1. The quantitative estimate of drug-likeness (QED) is 0.177. The first-order valence-corrected chi connectivity index (χ1v) is 26.9. The molecule has 0 aliphatic heterocycles. The molecule has 0 radical (unpaired) electrons. The summed E-state index contributed by atoms with van der Waals surface area (Å²) in [4.78, 5) is 12.1. The van der Waals surface area contributed by atoms with Gasteiger partial charge in [-0.05, 0) is 150 Å². The monoisotopic (exact) mass is 634 g/mol. The highest BCUT2D eigenvalue weighted by Crippen LogP contribution is 2.69. The fraction of sp³-hybridized carbons (Fsp3) is 0.853. The minimum Gasteiger partial charge on any atom is -0.545 e. The minimum absolute atomic E-state index is 0.0756. The van der Waals surface area contributed by atoms with Gasteiger partial charge in [0.2, 0.25) is 8.32 Å². The van der Waals surface area contributed by atoms with Crippen LogP contribution in [0.5, 0.6) is 0 Å². The number of fused-ring (bicyclic) bond motifs is 5. The summed E-state index contributed by atoms with van der Waals surface area (Å²) in [6.07, 6.45) is 12.3. The van der Waals surface area contributed by atoms with Gasteiger partial charge in [0, 0.05) is 6.42 Å². The zero-order valence-corrected chi connectivity index (χ0v) is 32.2. The molecule has 5 nitrogen and oxygen atoms in total. The van der Waals surface area contributed by atoms with Crippen LogP contribution in [0.25, 0.3) is 0 Å². The number of carbonyl (C=O) groups excluding carboxylic acids is 1. The van der Waals surface area contributed by atoms with E-state index in [1.54, 1.807) is 5.57 Å². The van der Waals surface area contributed by atoms with Crippen molar-refractivity contribution in [3.05, 3.63) is 23.5 Å². The Balaban J connectivity index is 1.76. The number of rotatable bonds is 10. The Morgan fingerprint density at radius 3 is 2.17 bits per heavy atom. The van der Waals surface area contributed by atoms with Gasteiger partial charge in [0.1, 0.15) is 0 Å². The molecule has 4 aliphatic carbocycles. The first-order chi connectivity index (χ1) is 19.2. The van der Waals surface area contributed by atoms with Crippen molar-refractivity contribution in [1.29, 1.82) is 0 Å². The molecule has 0 unspecified atom stereocenters. The van der Waals surface area contributed by atoms with E-state index in [0.717, 1.165) is 31.4 Å². The average Bonchev–Trinajstić information content (AvgIpc) is 3.19. The highest BCUT2D eigenvalue weighted by atomic mass is 28.4. The standard InChI is InChI=1S/C34H62O5Si3/c1-23(14-17-31(35)36-4)26-15-16-27-32-28(22-30(34(26,27)3)39-42(11,12)13)33(2)19-18-25(37-40(5,6)7)20-24(33)21-29(32)38-41(8,9)10/h18,20,23,26-30,32H,14-17,19,21-22H2,1-13H3/t23-,26-,27+,28+,29-,30+,32+,33+,34-/m1/s1. The maximum atomic E-state index is 12.1. The molecule has 240 valence electrons. The predicted molar refractivity (Wildman–Crippen MR) is 181 cm³/mol. The van der Waals surface area contributed by atoms with Gasteiger partial charge in [-0.25, -0.2) is 0 Å². The van der Waals surface area contributed by atoms with Crippen LogP contribution in [-0.4, -0.2) is 50.2 Å². The van der Waals surface area contributed by atoms with Crippen molar-refractivity contribution in [2.24, 2.45) is 40.4 Å². The molecule has 0 amide bonds. The van der Waals surface area contributed by atoms with Crippen molar-refractivity contribution in [1.82, 2.24) is 0 Å². The van der Waals surface area contributed by atoms with Gasteiger partial charge in [-0.1, -0.05) is 26.3 Å². The molecule has 0 saturated heterocycles. The Morgan fingerprint density at radius 2 is 1.60 bits per heavy atom. The number of carbonyl (C=O) groups is 1. The molecule has 0 heterocycles. The topological polar surface area (TPSA) is 54.0 Å². The molecule has 4 rings (SSSR count). The molecule has 4 aliphatic rings. The van der Waals surface area contributed by atoms with Gasteiger partial charge in [0.05, 0.1) is 25.1 Å². The second-order valence-electron chi connectivity index (χ2n) is 17.5. The van der Waals surface area contributed by atoms with E-state index in [0.29, 0.717) is 36.0 Å². The molecule has 0 aromatic rings. The Kier molecular flexibility index (Phi) is 9.71. The summed E-state index contributed by atoms with van der Waals surface area (Å²) >= 11 is 0. The van der Waals surface area contributed by atoms with E-state index >= 15 is 0 Å². The molecular weight excluding hydrogens is 573 g/mol. The summed E-state index contributed by atoms with van der Waals surface area (Å²) < 4.78 is 26.1. The van der Waals surface area contributed by atoms with Crippen molar-refractivity contribution in [3.8, 4) is 0 Å². The van der Waals surface area contributed by atoms with E-state index in [-0.39, 0.29) is 29.0 Å². The molecule has 3 saturated carbocycles. The summed E-state index contributed by atoms with van der Waals surface area (Å²) in [6, 6.07) is 0. The number of hydrogen-bond acceptors (Lipinski definition) is 5. The summed E-state index contributed by atoms with van der Waals surface area (Å²) in [5.74, 6) is 3.59. The van der Waals surface area contributed by atoms with Crippen molar-refractivity contribution in [3.63, 3.8) is 0 Å². The van der Waals surface area contributed by atoms with Crippen LogP contribution in [0.3, 0.4) is 0 Å². The fourth-order valence-electron chi connectivity index (χ4n) is 9.49. The van der Waals surface area contributed by atoms with Crippen LogP contribution in [0.15, 0.2) is 23.5 Å². The third-order valence-corrected chi connectivity index (χ3v) is 13.9. The van der Waals surface area contributed by atoms with Crippen molar-refractivity contribution in [2.45, 2.75) is 137 Å². The van der Waals surface area contributed by atoms with Crippen LogP contribution in [0.2, 0.25) is 58.9 Å². The SMILES string of the molecule is COC(=O)CC[C@@H](C)[C@H]1CC[C@H]2[C@@H]3[C@H](O[Si](C)(C)C)CC4=CC(O[Si](C)(C)C)=CC[C@]4(C)[C@H]3C[C@H](O[Si](C)(C)C)[C@]12C. The highest BCUT2D eigenvalue weighted by Gasteiger charge is 2.66. The molecule has 3 fully saturated rings. The molecule has 0 bridgehead atoms. The Bertz CT molecular complexity index is 1070.